The maximum absolute atomic E-state index is 12.7. The van der Waals surface area contributed by atoms with Gasteiger partial charge in [-0.25, -0.2) is 4.39 Å². The lowest BCUT2D eigenvalue weighted by Gasteiger charge is -2.04. The Morgan fingerprint density at radius 1 is 1.25 bits per heavy atom. The molecular weight excluding hydrogens is 205 g/mol. The third-order valence-corrected chi connectivity index (χ3v) is 2.68. The van der Waals surface area contributed by atoms with Crippen LogP contribution in [0.3, 0.4) is 0 Å². The molecule has 1 aromatic carbocycles. The molecule has 2 aromatic rings. The van der Waals surface area contributed by atoms with Crippen LogP contribution >= 0.6 is 0 Å². The van der Waals surface area contributed by atoms with E-state index in [0.717, 1.165) is 22.6 Å². The van der Waals surface area contributed by atoms with Crippen LogP contribution in [0.15, 0.2) is 24.3 Å². The van der Waals surface area contributed by atoms with Gasteiger partial charge in [0, 0.05) is 0 Å². The average Bonchev–Trinajstić information content (AvgIpc) is 2.50. The molecule has 1 aromatic heterocycles. The summed E-state index contributed by atoms with van der Waals surface area (Å²) in [6, 6.07) is 6.40. The lowest BCUT2D eigenvalue weighted by Crippen LogP contribution is -2.04. The highest BCUT2D eigenvalue weighted by Gasteiger charge is 2.07. The van der Waals surface area contributed by atoms with E-state index >= 15 is 0 Å². The fourth-order valence-corrected chi connectivity index (χ4v) is 1.63. The van der Waals surface area contributed by atoms with E-state index in [1.165, 1.54) is 12.1 Å². The quantitative estimate of drug-likeness (QED) is 0.842. The summed E-state index contributed by atoms with van der Waals surface area (Å²) in [6.45, 7) is 4.42. The van der Waals surface area contributed by atoms with Gasteiger partial charge in [-0.2, -0.15) is 5.10 Å². The summed E-state index contributed by atoms with van der Waals surface area (Å²) in [6.07, 6.45) is 0. The molecule has 2 N–H and O–H groups in total. The number of hydrogen-bond donors (Lipinski definition) is 1. The summed E-state index contributed by atoms with van der Waals surface area (Å²) in [5, 5.41) is 4.33. The predicted octanol–water partition coefficient (Wildman–Crippen LogP) is 2.27. The van der Waals surface area contributed by atoms with Crippen molar-refractivity contribution in [2.24, 2.45) is 0 Å². The van der Waals surface area contributed by atoms with Gasteiger partial charge in [0.25, 0.3) is 0 Å². The van der Waals surface area contributed by atoms with Gasteiger partial charge >= 0.3 is 0 Å². The van der Waals surface area contributed by atoms with Gasteiger partial charge in [0.15, 0.2) is 0 Å². The van der Waals surface area contributed by atoms with Crippen molar-refractivity contribution in [3.8, 4) is 0 Å². The van der Waals surface area contributed by atoms with E-state index in [9.17, 15) is 4.39 Å². The number of benzene rings is 1. The van der Waals surface area contributed by atoms with Crippen LogP contribution in [-0.2, 0) is 6.54 Å². The van der Waals surface area contributed by atoms with E-state index in [0.29, 0.717) is 6.54 Å². The van der Waals surface area contributed by atoms with Crippen LogP contribution in [0.5, 0.6) is 0 Å². The molecule has 0 fully saturated rings. The molecule has 84 valence electrons. The van der Waals surface area contributed by atoms with Crippen LogP contribution < -0.4 is 5.73 Å². The summed E-state index contributed by atoms with van der Waals surface area (Å²) in [4.78, 5) is 0. The molecule has 1 heterocycles. The molecule has 0 aliphatic heterocycles. The Morgan fingerprint density at radius 3 is 2.38 bits per heavy atom. The van der Waals surface area contributed by atoms with Crippen LogP contribution in [0.1, 0.15) is 17.0 Å². The SMILES string of the molecule is Cc1nn(Cc2ccc(F)cc2)c(C)c1N. The molecule has 0 saturated heterocycles. The molecule has 3 nitrogen and oxygen atoms in total. The molecule has 4 heteroatoms. The molecule has 0 aliphatic rings. The van der Waals surface area contributed by atoms with E-state index in [4.69, 9.17) is 5.73 Å². The molecular formula is C12H14FN3. The zero-order valence-electron chi connectivity index (χ0n) is 9.37. The first-order valence-corrected chi connectivity index (χ1v) is 5.12. The second-order valence-corrected chi connectivity index (χ2v) is 3.87. The minimum atomic E-state index is -0.225. The van der Waals surface area contributed by atoms with E-state index < -0.39 is 0 Å². The molecule has 0 bridgehead atoms. The average molecular weight is 219 g/mol. The topological polar surface area (TPSA) is 43.8 Å². The number of rotatable bonds is 2. The first kappa shape index (κ1) is 10.7. The van der Waals surface area contributed by atoms with E-state index in [2.05, 4.69) is 5.10 Å². The van der Waals surface area contributed by atoms with Gasteiger partial charge in [-0.1, -0.05) is 12.1 Å². The van der Waals surface area contributed by atoms with Gasteiger partial charge in [-0.05, 0) is 31.5 Å². The standard InChI is InChI=1S/C12H14FN3/c1-8-12(14)9(2)16(15-8)7-10-3-5-11(13)6-4-10/h3-6H,7,14H2,1-2H3. The van der Waals surface area contributed by atoms with Crippen LogP contribution in [0.4, 0.5) is 10.1 Å². The van der Waals surface area contributed by atoms with Crippen molar-refractivity contribution >= 4 is 5.69 Å². The summed E-state index contributed by atoms with van der Waals surface area (Å²) in [7, 11) is 0. The molecule has 16 heavy (non-hydrogen) atoms. The molecule has 0 radical (unpaired) electrons. The minimum absolute atomic E-state index is 0.225. The Hall–Kier alpha value is -1.84. The number of anilines is 1. The third kappa shape index (κ3) is 1.91. The maximum Gasteiger partial charge on any atom is 0.123 e. The molecule has 0 saturated carbocycles. The summed E-state index contributed by atoms with van der Waals surface area (Å²) in [5.41, 5.74) is 9.35. The number of aryl methyl sites for hydroxylation is 1. The van der Waals surface area contributed by atoms with Crippen LogP contribution in [0.25, 0.3) is 0 Å². The Balaban J connectivity index is 2.27. The van der Waals surface area contributed by atoms with E-state index in [1.54, 1.807) is 12.1 Å². The number of nitrogen functional groups attached to an aromatic ring is 1. The summed E-state index contributed by atoms with van der Waals surface area (Å²) >= 11 is 0. The van der Waals surface area contributed by atoms with Crippen molar-refractivity contribution in [3.63, 3.8) is 0 Å². The smallest absolute Gasteiger partial charge is 0.123 e. The molecule has 0 unspecified atom stereocenters. The van der Waals surface area contributed by atoms with Gasteiger partial charge in [-0.15, -0.1) is 0 Å². The zero-order chi connectivity index (χ0) is 11.7. The third-order valence-electron chi connectivity index (χ3n) is 2.68. The van der Waals surface area contributed by atoms with Crippen molar-refractivity contribution in [2.75, 3.05) is 5.73 Å². The van der Waals surface area contributed by atoms with Crippen LogP contribution in [0.2, 0.25) is 0 Å². The molecule has 0 spiro atoms. The predicted molar refractivity (Wildman–Crippen MR) is 61.6 cm³/mol. The van der Waals surface area contributed by atoms with Gasteiger partial charge in [-0.3, -0.25) is 4.68 Å². The van der Waals surface area contributed by atoms with E-state index in [1.807, 2.05) is 18.5 Å². The van der Waals surface area contributed by atoms with Crippen molar-refractivity contribution in [2.45, 2.75) is 20.4 Å². The Bertz CT molecular complexity index is 500. The van der Waals surface area contributed by atoms with Crippen molar-refractivity contribution < 1.29 is 4.39 Å². The fourth-order valence-electron chi connectivity index (χ4n) is 1.63. The number of aromatic nitrogens is 2. The Morgan fingerprint density at radius 2 is 1.88 bits per heavy atom. The van der Waals surface area contributed by atoms with Gasteiger partial charge in [0.2, 0.25) is 0 Å². The van der Waals surface area contributed by atoms with Crippen LogP contribution in [-0.4, -0.2) is 9.78 Å². The fraction of sp³-hybridized carbons (Fsp3) is 0.250. The number of hydrogen-bond acceptors (Lipinski definition) is 2. The molecule has 0 amide bonds. The maximum atomic E-state index is 12.7. The number of halogens is 1. The van der Waals surface area contributed by atoms with Gasteiger partial charge < -0.3 is 5.73 Å². The van der Waals surface area contributed by atoms with Crippen molar-refractivity contribution in [1.29, 1.82) is 0 Å². The lowest BCUT2D eigenvalue weighted by molar-refractivity contribution is 0.622. The zero-order valence-corrected chi connectivity index (χ0v) is 9.37. The second kappa shape index (κ2) is 3.96. The van der Waals surface area contributed by atoms with Crippen molar-refractivity contribution in [1.82, 2.24) is 9.78 Å². The monoisotopic (exact) mass is 219 g/mol. The second-order valence-electron chi connectivity index (χ2n) is 3.87. The van der Waals surface area contributed by atoms with Gasteiger partial charge in [0.1, 0.15) is 5.82 Å². The Kier molecular flexibility index (Phi) is 2.64. The Labute approximate surface area is 93.7 Å². The molecule has 2 rings (SSSR count). The molecule has 0 aliphatic carbocycles. The first-order valence-electron chi connectivity index (χ1n) is 5.12. The lowest BCUT2D eigenvalue weighted by atomic mass is 10.2. The normalized spacial score (nSPS) is 10.7. The highest BCUT2D eigenvalue weighted by atomic mass is 19.1. The van der Waals surface area contributed by atoms with E-state index in [-0.39, 0.29) is 5.82 Å². The highest BCUT2D eigenvalue weighted by Crippen LogP contribution is 2.16. The van der Waals surface area contributed by atoms with Gasteiger partial charge in [0.05, 0.1) is 23.6 Å². The summed E-state index contributed by atoms with van der Waals surface area (Å²) < 4.78 is 14.6. The summed E-state index contributed by atoms with van der Waals surface area (Å²) in [5.74, 6) is -0.225. The first-order chi connectivity index (χ1) is 7.58. The largest absolute Gasteiger partial charge is 0.396 e. The number of nitrogens with zero attached hydrogens (tertiary/aromatic N) is 2. The van der Waals surface area contributed by atoms with Crippen molar-refractivity contribution in [3.05, 3.63) is 47.0 Å². The minimum Gasteiger partial charge on any atom is -0.396 e. The highest BCUT2D eigenvalue weighted by molar-refractivity contribution is 5.47. The number of nitrogens with two attached hydrogens (primary N) is 1. The molecule has 0 atom stereocenters. The van der Waals surface area contributed by atoms with Crippen LogP contribution in [0, 0.1) is 19.7 Å².